The molecule has 38 heavy (non-hydrogen) atoms. The SMILES string of the molecule is CCCCS(=O)(=O)Nc1ccc(N2CCC(NC[C@H](O)COc3ccc(O)c4c3CCC(=O)N4)CC2)cc1. The molecule has 2 aromatic rings. The van der Waals surface area contributed by atoms with Crippen LogP contribution in [-0.2, 0) is 21.2 Å². The number of amides is 1. The van der Waals surface area contributed by atoms with Gasteiger partial charge in [0.25, 0.3) is 0 Å². The molecule has 2 aromatic carbocycles. The molecule has 4 rings (SSSR count). The number of rotatable bonds is 12. The van der Waals surface area contributed by atoms with Gasteiger partial charge in [0.1, 0.15) is 24.2 Å². The topological polar surface area (TPSA) is 140 Å². The molecule has 0 saturated carbocycles. The number of piperidine rings is 1. The third-order valence-corrected chi connectivity index (χ3v) is 8.33. The molecule has 1 amide bonds. The monoisotopic (exact) mass is 546 g/mol. The Morgan fingerprint density at radius 2 is 1.87 bits per heavy atom. The maximum atomic E-state index is 12.1. The van der Waals surface area contributed by atoms with Crippen molar-refractivity contribution in [3.8, 4) is 11.5 Å². The minimum absolute atomic E-state index is 0.0110. The number of aliphatic hydroxyl groups is 1. The predicted octanol–water partition coefficient (Wildman–Crippen LogP) is 2.82. The standard InChI is InChI=1S/C27H38N4O6S/c1-2-3-16-38(35,36)30-20-4-6-21(7-5-20)31-14-12-19(13-15-31)28-17-22(32)18-37-25-10-9-24(33)27-23(25)8-11-26(34)29-27/h4-7,9-10,19,22,28,30,32-33H,2-3,8,11-18H2,1H3,(H,29,34)/t22-/m0/s1. The second-order valence-corrected chi connectivity index (χ2v) is 11.8. The van der Waals surface area contributed by atoms with Crippen molar-refractivity contribution in [3.63, 3.8) is 0 Å². The number of nitrogens with one attached hydrogen (secondary N) is 3. The van der Waals surface area contributed by atoms with Crippen molar-refractivity contribution in [2.24, 2.45) is 0 Å². The summed E-state index contributed by atoms with van der Waals surface area (Å²) < 4.78 is 32.7. The fourth-order valence-corrected chi connectivity index (χ4v) is 6.04. The Morgan fingerprint density at radius 3 is 2.58 bits per heavy atom. The predicted molar refractivity (Wildman–Crippen MR) is 149 cm³/mol. The molecule has 0 unspecified atom stereocenters. The highest BCUT2D eigenvalue weighted by molar-refractivity contribution is 7.92. The third kappa shape index (κ3) is 7.52. The number of benzene rings is 2. The van der Waals surface area contributed by atoms with Gasteiger partial charge in [-0.15, -0.1) is 0 Å². The van der Waals surface area contributed by atoms with E-state index in [0.717, 1.165) is 43.6 Å². The summed E-state index contributed by atoms with van der Waals surface area (Å²) >= 11 is 0. The van der Waals surface area contributed by atoms with Gasteiger partial charge in [-0.25, -0.2) is 8.42 Å². The first-order chi connectivity index (χ1) is 18.2. The van der Waals surface area contributed by atoms with Crippen LogP contribution in [0.4, 0.5) is 17.1 Å². The van der Waals surface area contributed by atoms with Crippen LogP contribution in [0.2, 0.25) is 0 Å². The van der Waals surface area contributed by atoms with Crippen molar-refractivity contribution < 1.29 is 28.2 Å². The Hall–Kier alpha value is -3.02. The fourth-order valence-electron chi connectivity index (χ4n) is 4.77. The number of hydrogen-bond donors (Lipinski definition) is 5. The molecule has 1 saturated heterocycles. The van der Waals surface area contributed by atoms with Crippen molar-refractivity contribution in [1.29, 1.82) is 0 Å². The van der Waals surface area contributed by atoms with Gasteiger partial charge in [0.2, 0.25) is 15.9 Å². The minimum Gasteiger partial charge on any atom is -0.506 e. The lowest BCUT2D eigenvalue weighted by molar-refractivity contribution is -0.116. The van der Waals surface area contributed by atoms with Gasteiger partial charge in [-0.3, -0.25) is 9.52 Å². The van der Waals surface area contributed by atoms with Crippen molar-refractivity contribution in [2.45, 2.75) is 57.6 Å². The fraction of sp³-hybridized carbons (Fsp3) is 0.519. The summed E-state index contributed by atoms with van der Waals surface area (Å²) in [5.74, 6) is 0.565. The number of carbonyl (C=O) groups is 1. The largest absolute Gasteiger partial charge is 0.506 e. The Morgan fingerprint density at radius 1 is 1.13 bits per heavy atom. The number of nitrogens with zero attached hydrogens (tertiary/aromatic N) is 1. The van der Waals surface area contributed by atoms with Crippen LogP contribution in [0.1, 0.15) is 44.6 Å². The summed E-state index contributed by atoms with van der Waals surface area (Å²) in [6.07, 6.45) is 3.42. The molecule has 1 fully saturated rings. The molecular formula is C27H38N4O6S. The van der Waals surface area contributed by atoms with Gasteiger partial charge >= 0.3 is 0 Å². The maximum absolute atomic E-state index is 12.1. The minimum atomic E-state index is -3.31. The average Bonchev–Trinajstić information content (AvgIpc) is 2.91. The number of sulfonamides is 1. The number of hydrogen-bond acceptors (Lipinski definition) is 8. The van der Waals surface area contributed by atoms with E-state index in [1.54, 1.807) is 18.2 Å². The smallest absolute Gasteiger partial charge is 0.232 e. The molecule has 5 N–H and O–H groups in total. The van der Waals surface area contributed by atoms with Crippen LogP contribution >= 0.6 is 0 Å². The van der Waals surface area contributed by atoms with E-state index in [0.29, 0.717) is 42.9 Å². The van der Waals surface area contributed by atoms with Gasteiger partial charge in [0, 0.05) is 49.0 Å². The second-order valence-electron chi connectivity index (χ2n) is 9.94. The zero-order valence-corrected chi connectivity index (χ0v) is 22.6. The summed E-state index contributed by atoms with van der Waals surface area (Å²) in [5.41, 5.74) is 2.78. The van der Waals surface area contributed by atoms with E-state index in [1.807, 2.05) is 19.1 Å². The van der Waals surface area contributed by atoms with Gasteiger partial charge in [-0.1, -0.05) is 13.3 Å². The van der Waals surface area contributed by atoms with Gasteiger partial charge in [0.15, 0.2) is 0 Å². The molecule has 2 aliphatic heterocycles. The number of ether oxygens (including phenoxy) is 1. The molecule has 2 aliphatic rings. The summed E-state index contributed by atoms with van der Waals surface area (Å²) in [5, 5.41) is 26.6. The summed E-state index contributed by atoms with van der Waals surface area (Å²) in [6.45, 7) is 4.18. The quantitative estimate of drug-likeness (QED) is 0.256. The molecule has 10 nitrogen and oxygen atoms in total. The van der Waals surface area contributed by atoms with Gasteiger partial charge in [-0.05, 0) is 62.1 Å². The molecule has 0 spiro atoms. The van der Waals surface area contributed by atoms with Crippen LogP contribution in [0.5, 0.6) is 11.5 Å². The van der Waals surface area contributed by atoms with E-state index in [4.69, 9.17) is 4.74 Å². The third-order valence-electron chi connectivity index (χ3n) is 6.96. The van der Waals surface area contributed by atoms with Crippen molar-refractivity contribution in [3.05, 3.63) is 42.0 Å². The molecule has 0 aromatic heterocycles. The highest BCUT2D eigenvalue weighted by Crippen LogP contribution is 2.38. The van der Waals surface area contributed by atoms with Crippen LogP contribution in [0.15, 0.2) is 36.4 Å². The van der Waals surface area contributed by atoms with E-state index in [9.17, 15) is 23.4 Å². The number of aromatic hydroxyl groups is 1. The van der Waals surface area contributed by atoms with E-state index in [2.05, 4.69) is 20.3 Å². The Labute approximate surface area is 224 Å². The molecule has 0 bridgehead atoms. The number of phenolic OH excluding ortho intramolecular Hbond substituents is 1. The van der Waals surface area contributed by atoms with Gasteiger partial charge in [-0.2, -0.15) is 0 Å². The maximum Gasteiger partial charge on any atom is 0.232 e. The molecule has 0 aliphatic carbocycles. The summed E-state index contributed by atoms with van der Waals surface area (Å²) in [7, 11) is -3.31. The van der Waals surface area contributed by atoms with E-state index in [-0.39, 0.29) is 30.1 Å². The first kappa shape index (κ1) is 28.0. The van der Waals surface area contributed by atoms with Crippen LogP contribution in [-0.4, -0.2) is 68.7 Å². The number of fused-ring (bicyclic) bond motifs is 1. The molecule has 11 heteroatoms. The Balaban J connectivity index is 1.19. The lowest BCUT2D eigenvalue weighted by atomic mass is 10.0. The molecule has 1 atom stereocenters. The van der Waals surface area contributed by atoms with E-state index in [1.165, 1.54) is 6.07 Å². The zero-order chi connectivity index (χ0) is 27.1. The van der Waals surface area contributed by atoms with Crippen LogP contribution in [0.25, 0.3) is 0 Å². The average molecular weight is 547 g/mol. The first-order valence-corrected chi connectivity index (χ1v) is 14.9. The van der Waals surface area contributed by atoms with Crippen LogP contribution < -0.4 is 25.0 Å². The summed E-state index contributed by atoms with van der Waals surface area (Å²) in [4.78, 5) is 13.9. The number of unbranched alkanes of at least 4 members (excludes halogenated alkanes) is 1. The zero-order valence-electron chi connectivity index (χ0n) is 21.8. The van der Waals surface area contributed by atoms with E-state index >= 15 is 0 Å². The Kier molecular flexibility index (Phi) is 9.35. The molecule has 0 radical (unpaired) electrons. The Bertz CT molecular complexity index is 1200. The van der Waals surface area contributed by atoms with Crippen LogP contribution in [0.3, 0.4) is 0 Å². The number of phenols is 1. The van der Waals surface area contributed by atoms with Gasteiger partial charge < -0.3 is 30.5 Å². The van der Waals surface area contributed by atoms with Gasteiger partial charge in [0.05, 0.1) is 11.4 Å². The van der Waals surface area contributed by atoms with Crippen molar-refractivity contribution in [2.75, 3.05) is 46.9 Å². The molecule has 208 valence electrons. The number of carbonyl (C=O) groups excluding carboxylic acids is 1. The van der Waals surface area contributed by atoms with E-state index < -0.39 is 16.1 Å². The number of anilines is 3. The molecule has 2 heterocycles. The van der Waals surface area contributed by atoms with Crippen molar-refractivity contribution >= 4 is 33.0 Å². The summed E-state index contributed by atoms with van der Waals surface area (Å²) in [6, 6.07) is 10.9. The lowest BCUT2D eigenvalue weighted by Gasteiger charge is -2.34. The highest BCUT2D eigenvalue weighted by Gasteiger charge is 2.23. The first-order valence-electron chi connectivity index (χ1n) is 13.3. The van der Waals surface area contributed by atoms with Crippen LogP contribution in [0, 0.1) is 0 Å². The lowest BCUT2D eigenvalue weighted by Crippen LogP contribution is -2.45. The highest BCUT2D eigenvalue weighted by atomic mass is 32.2. The normalized spacial score (nSPS) is 17.0. The second kappa shape index (κ2) is 12.7. The molecular weight excluding hydrogens is 508 g/mol. The number of aliphatic hydroxyl groups excluding tert-OH is 1. The van der Waals surface area contributed by atoms with Crippen molar-refractivity contribution in [1.82, 2.24) is 5.32 Å².